The van der Waals surface area contributed by atoms with Gasteiger partial charge < -0.3 is 4.98 Å². The minimum Gasteiger partial charge on any atom is -0.346 e. The minimum absolute atomic E-state index is 0.873. The number of benzene rings is 1. The number of pyridine rings is 1. The average molecular weight is 300 g/mol. The van der Waals surface area contributed by atoms with Crippen molar-refractivity contribution in [3.05, 3.63) is 77.4 Å². The number of rotatable bonds is 1. The summed E-state index contributed by atoms with van der Waals surface area (Å²) in [6.45, 7) is 0. The van der Waals surface area contributed by atoms with E-state index in [4.69, 9.17) is 0 Å². The van der Waals surface area contributed by atoms with Crippen LogP contribution in [0.25, 0.3) is 21.5 Å². The van der Waals surface area contributed by atoms with Gasteiger partial charge in [-0.15, -0.1) is 11.3 Å². The highest BCUT2D eigenvalue weighted by atomic mass is 32.1. The number of fused-ring (bicyclic) bond motifs is 1. The van der Waals surface area contributed by atoms with E-state index in [1.54, 1.807) is 17.5 Å². The number of hydrogen-bond donors (Lipinski definition) is 1. The van der Waals surface area contributed by atoms with E-state index in [0.29, 0.717) is 0 Å². The summed E-state index contributed by atoms with van der Waals surface area (Å²) in [4.78, 5) is 8.65. The van der Waals surface area contributed by atoms with E-state index >= 15 is 0 Å². The van der Waals surface area contributed by atoms with Gasteiger partial charge in [0.15, 0.2) is 0 Å². The monoisotopic (exact) mass is 300 g/mol. The van der Waals surface area contributed by atoms with Gasteiger partial charge in [0.1, 0.15) is 5.65 Å². The molecule has 0 radical (unpaired) electrons. The Hall–Kier alpha value is -2.83. The molecule has 0 unspecified atom stereocenters. The summed E-state index contributed by atoms with van der Waals surface area (Å²) >= 11 is 1.73. The van der Waals surface area contributed by atoms with Gasteiger partial charge >= 0.3 is 0 Å². The molecular weight excluding hydrogens is 288 g/mol. The molecule has 3 aromatic heterocycles. The Bertz CT molecular complexity index is 985. The fraction of sp³-hybridized carbons (Fsp3) is 0. The van der Waals surface area contributed by atoms with Crippen LogP contribution in [0, 0.1) is 11.8 Å². The second-order valence-electron chi connectivity index (χ2n) is 4.87. The first-order valence-electron chi connectivity index (χ1n) is 6.99. The van der Waals surface area contributed by atoms with Gasteiger partial charge in [0.25, 0.3) is 0 Å². The molecule has 0 atom stereocenters. The molecule has 4 rings (SSSR count). The maximum Gasteiger partial charge on any atom is 0.138 e. The Morgan fingerprint density at radius 1 is 0.909 bits per heavy atom. The third-order valence-corrected chi connectivity index (χ3v) is 4.41. The molecule has 3 heterocycles. The molecule has 1 N–H and O–H groups in total. The molecule has 3 heteroatoms. The number of nitrogens with zero attached hydrogens (tertiary/aromatic N) is 1. The van der Waals surface area contributed by atoms with Crippen molar-refractivity contribution in [1.29, 1.82) is 0 Å². The molecule has 0 aliphatic rings. The van der Waals surface area contributed by atoms with E-state index in [-0.39, 0.29) is 0 Å². The molecule has 0 aliphatic carbocycles. The highest BCUT2D eigenvalue weighted by molar-refractivity contribution is 7.13. The number of H-pyrrole nitrogens is 1. The molecule has 22 heavy (non-hydrogen) atoms. The van der Waals surface area contributed by atoms with Crippen molar-refractivity contribution in [2.75, 3.05) is 0 Å². The zero-order valence-corrected chi connectivity index (χ0v) is 12.5. The molecule has 0 amide bonds. The van der Waals surface area contributed by atoms with Crippen LogP contribution < -0.4 is 0 Å². The van der Waals surface area contributed by atoms with Crippen LogP contribution in [0.5, 0.6) is 0 Å². The smallest absolute Gasteiger partial charge is 0.138 e. The second kappa shape index (κ2) is 5.51. The zero-order valence-electron chi connectivity index (χ0n) is 11.7. The van der Waals surface area contributed by atoms with E-state index in [9.17, 15) is 0 Å². The van der Waals surface area contributed by atoms with Crippen LogP contribution in [0.15, 0.2) is 66.3 Å². The van der Waals surface area contributed by atoms with Crippen LogP contribution in [0.1, 0.15) is 11.1 Å². The summed E-state index contributed by atoms with van der Waals surface area (Å²) < 4.78 is 0. The van der Waals surface area contributed by atoms with Crippen LogP contribution in [0.2, 0.25) is 0 Å². The fourth-order valence-electron chi connectivity index (χ4n) is 2.44. The summed E-state index contributed by atoms with van der Waals surface area (Å²) in [6.07, 6.45) is 3.68. The van der Waals surface area contributed by atoms with Gasteiger partial charge in [0, 0.05) is 39.3 Å². The van der Waals surface area contributed by atoms with Crippen LogP contribution in [-0.4, -0.2) is 9.97 Å². The first kappa shape index (κ1) is 12.9. The number of nitrogens with one attached hydrogen (secondary N) is 1. The first-order chi connectivity index (χ1) is 10.9. The van der Waals surface area contributed by atoms with Gasteiger partial charge in [-0.25, -0.2) is 4.98 Å². The number of aromatic nitrogens is 2. The third kappa shape index (κ3) is 2.30. The van der Waals surface area contributed by atoms with Crippen LogP contribution in [0.3, 0.4) is 0 Å². The lowest BCUT2D eigenvalue weighted by Crippen LogP contribution is -1.83. The Balaban J connectivity index is 1.81. The van der Waals surface area contributed by atoms with E-state index in [2.05, 4.69) is 57.5 Å². The third-order valence-electron chi connectivity index (χ3n) is 3.51. The van der Waals surface area contributed by atoms with Gasteiger partial charge in [-0.2, -0.15) is 0 Å². The number of thiophene rings is 1. The highest BCUT2D eigenvalue weighted by Crippen LogP contribution is 2.27. The molecule has 0 bridgehead atoms. The molecule has 0 fully saturated rings. The van der Waals surface area contributed by atoms with Gasteiger partial charge in [-0.1, -0.05) is 36.1 Å². The van der Waals surface area contributed by atoms with Crippen LogP contribution >= 0.6 is 11.3 Å². The van der Waals surface area contributed by atoms with Crippen LogP contribution in [0.4, 0.5) is 0 Å². The SMILES string of the molecule is C(#Cc1ccnc2[nH]ccc12)c1ccccc1-c1cccs1. The molecule has 104 valence electrons. The lowest BCUT2D eigenvalue weighted by molar-refractivity contribution is 1.32. The first-order valence-corrected chi connectivity index (χ1v) is 7.87. The summed E-state index contributed by atoms with van der Waals surface area (Å²) in [7, 11) is 0. The topological polar surface area (TPSA) is 28.7 Å². The van der Waals surface area contributed by atoms with Crippen molar-refractivity contribution >= 4 is 22.4 Å². The zero-order chi connectivity index (χ0) is 14.8. The standard InChI is InChI=1S/C19H12N2S/c1-2-5-16(18-6-3-13-22-18)14(4-1)7-8-15-9-11-20-19-17(15)10-12-21-19/h1-6,9-13H,(H,20,21). The number of aromatic amines is 1. The van der Waals surface area contributed by atoms with Gasteiger partial charge in [-0.3, -0.25) is 0 Å². The van der Waals surface area contributed by atoms with Crippen molar-refractivity contribution in [3.63, 3.8) is 0 Å². The van der Waals surface area contributed by atoms with Crippen molar-refractivity contribution in [2.24, 2.45) is 0 Å². The molecule has 4 aromatic rings. The van der Waals surface area contributed by atoms with Gasteiger partial charge in [0.05, 0.1) is 0 Å². The lowest BCUT2D eigenvalue weighted by Gasteiger charge is -2.01. The molecule has 0 saturated carbocycles. The normalized spacial score (nSPS) is 10.4. The molecule has 2 nitrogen and oxygen atoms in total. The lowest BCUT2D eigenvalue weighted by atomic mass is 10.1. The predicted octanol–water partition coefficient (Wildman–Crippen LogP) is 4.69. The summed E-state index contributed by atoms with van der Waals surface area (Å²) in [6, 6.07) is 16.4. The van der Waals surface area contributed by atoms with Crippen molar-refractivity contribution < 1.29 is 0 Å². The molecule has 1 aromatic carbocycles. The predicted molar refractivity (Wildman–Crippen MR) is 91.8 cm³/mol. The van der Waals surface area contributed by atoms with E-state index < -0.39 is 0 Å². The Morgan fingerprint density at radius 2 is 1.82 bits per heavy atom. The maximum atomic E-state index is 4.29. The fourth-order valence-corrected chi connectivity index (χ4v) is 3.21. The Labute approximate surface area is 132 Å². The van der Waals surface area contributed by atoms with Crippen molar-refractivity contribution in [2.45, 2.75) is 0 Å². The summed E-state index contributed by atoms with van der Waals surface area (Å²) in [5, 5.41) is 3.15. The minimum atomic E-state index is 0.873. The van der Waals surface area contributed by atoms with E-state index in [1.807, 2.05) is 24.4 Å². The molecular formula is C19H12N2S. The molecule has 0 spiro atoms. The van der Waals surface area contributed by atoms with Crippen molar-refractivity contribution in [1.82, 2.24) is 9.97 Å². The van der Waals surface area contributed by atoms with Crippen LogP contribution in [-0.2, 0) is 0 Å². The van der Waals surface area contributed by atoms with Crippen molar-refractivity contribution in [3.8, 4) is 22.3 Å². The largest absolute Gasteiger partial charge is 0.346 e. The van der Waals surface area contributed by atoms with E-state index in [0.717, 1.165) is 22.2 Å². The average Bonchev–Trinajstić information content (AvgIpc) is 3.24. The Morgan fingerprint density at radius 3 is 2.73 bits per heavy atom. The molecule has 0 aliphatic heterocycles. The van der Waals surface area contributed by atoms with E-state index in [1.165, 1.54) is 10.4 Å². The Kier molecular flexibility index (Phi) is 3.23. The van der Waals surface area contributed by atoms with Gasteiger partial charge in [0.2, 0.25) is 0 Å². The summed E-state index contributed by atoms with van der Waals surface area (Å²) in [5.41, 5.74) is 4.10. The quantitative estimate of drug-likeness (QED) is 0.508. The second-order valence-corrected chi connectivity index (χ2v) is 5.82. The molecule has 0 saturated heterocycles. The number of hydrogen-bond acceptors (Lipinski definition) is 2. The van der Waals surface area contributed by atoms with Gasteiger partial charge in [-0.05, 0) is 29.6 Å². The highest BCUT2D eigenvalue weighted by Gasteiger charge is 2.03. The summed E-state index contributed by atoms with van der Waals surface area (Å²) in [5.74, 6) is 6.60. The maximum absolute atomic E-state index is 4.29.